The molecule has 0 aromatic heterocycles. The van der Waals surface area contributed by atoms with Crippen molar-refractivity contribution >= 4 is 5.97 Å². The van der Waals surface area contributed by atoms with Crippen LogP contribution >= 0.6 is 0 Å². The Morgan fingerprint density at radius 1 is 0.923 bits per heavy atom. The first-order chi connectivity index (χ1) is 12.6. The molecule has 0 saturated heterocycles. The van der Waals surface area contributed by atoms with E-state index in [0.717, 1.165) is 16.7 Å². The Bertz CT molecular complexity index is 931. The molecule has 0 fully saturated rings. The van der Waals surface area contributed by atoms with Crippen molar-refractivity contribution in [1.29, 1.82) is 0 Å². The standard InChI is InChI=1S/C23H18O3/c1-3-22(24)19-10-8-17(9-11-19)18-12-14-21(15-13-18)26-23(25)20-6-4-16(2)5-7-20/h1,4-15,22,24H,2H3. The van der Waals surface area contributed by atoms with E-state index in [2.05, 4.69) is 5.92 Å². The van der Waals surface area contributed by atoms with Crippen LogP contribution in [-0.2, 0) is 0 Å². The zero-order valence-electron chi connectivity index (χ0n) is 14.3. The van der Waals surface area contributed by atoms with Crippen LogP contribution < -0.4 is 4.74 Å². The molecule has 3 heteroatoms. The molecule has 0 radical (unpaired) electrons. The van der Waals surface area contributed by atoms with Crippen molar-refractivity contribution in [1.82, 2.24) is 0 Å². The second-order valence-electron chi connectivity index (χ2n) is 5.97. The maximum Gasteiger partial charge on any atom is 0.343 e. The summed E-state index contributed by atoms with van der Waals surface area (Å²) in [5.74, 6) is 2.39. The summed E-state index contributed by atoms with van der Waals surface area (Å²) in [4.78, 5) is 12.1. The highest BCUT2D eigenvalue weighted by molar-refractivity contribution is 5.91. The van der Waals surface area contributed by atoms with Crippen molar-refractivity contribution in [3.05, 3.63) is 89.5 Å². The third-order valence-corrected chi connectivity index (χ3v) is 4.07. The van der Waals surface area contributed by atoms with Crippen LogP contribution in [0.3, 0.4) is 0 Å². The molecule has 3 aromatic carbocycles. The SMILES string of the molecule is C#CC(O)c1ccc(-c2ccc(OC(=O)c3ccc(C)cc3)cc2)cc1. The molecule has 128 valence electrons. The van der Waals surface area contributed by atoms with Crippen molar-refractivity contribution in [2.45, 2.75) is 13.0 Å². The third-order valence-electron chi connectivity index (χ3n) is 4.07. The first-order valence-electron chi connectivity index (χ1n) is 8.20. The summed E-state index contributed by atoms with van der Waals surface area (Å²) in [5, 5.41) is 9.64. The Morgan fingerprint density at radius 2 is 1.46 bits per heavy atom. The Morgan fingerprint density at radius 3 is 2.00 bits per heavy atom. The molecule has 0 spiro atoms. The summed E-state index contributed by atoms with van der Waals surface area (Å²) in [7, 11) is 0. The smallest absolute Gasteiger partial charge is 0.343 e. The van der Waals surface area contributed by atoms with E-state index in [1.165, 1.54) is 0 Å². The van der Waals surface area contributed by atoms with Gasteiger partial charge in [0.15, 0.2) is 0 Å². The minimum absolute atomic E-state index is 0.384. The summed E-state index contributed by atoms with van der Waals surface area (Å²) in [6.45, 7) is 1.97. The normalized spacial score (nSPS) is 11.4. The fraction of sp³-hybridized carbons (Fsp3) is 0.0870. The molecule has 1 N–H and O–H groups in total. The number of rotatable bonds is 4. The van der Waals surface area contributed by atoms with Crippen LogP contribution in [0.25, 0.3) is 11.1 Å². The van der Waals surface area contributed by atoms with E-state index in [0.29, 0.717) is 16.9 Å². The number of hydrogen-bond donors (Lipinski definition) is 1. The van der Waals surface area contributed by atoms with Crippen LogP contribution in [0.1, 0.15) is 27.6 Å². The summed E-state index contributed by atoms with van der Waals surface area (Å²) >= 11 is 0. The predicted molar refractivity (Wildman–Crippen MR) is 102 cm³/mol. The maximum absolute atomic E-state index is 12.1. The van der Waals surface area contributed by atoms with E-state index in [1.807, 2.05) is 43.3 Å². The van der Waals surface area contributed by atoms with Crippen LogP contribution in [0.15, 0.2) is 72.8 Å². The van der Waals surface area contributed by atoms with Crippen molar-refractivity contribution in [3.8, 4) is 29.2 Å². The lowest BCUT2D eigenvalue weighted by atomic mass is 10.0. The fourth-order valence-corrected chi connectivity index (χ4v) is 2.53. The average molecular weight is 342 g/mol. The number of esters is 1. The summed E-state index contributed by atoms with van der Waals surface area (Å²) in [6, 6.07) is 21.9. The Labute approximate surface area is 152 Å². The van der Waals surface area contributed by atoms with Crippen LogP contribution in [0.4, 0.5) is 0 Å². The van der Waals surface area contributed by atoms with E-state index in [4.69, 9.17) is 11.2 Å². The molecule has 3 aromatic rings. The third kappa shape index (κ3) is 4.00. The number of carbonyl (C=O) groups excluding carboxylic acids is 1. The van der Waals surface area contributed by atoms with Gasteiger partial charge in [-0.25, -0.2) is 4.79 Å². The number of aryl methyl sites for hydroxylation is 1. The highest BCUT2D eigenvalue weighted by Gasteiger charge is 2.09. The second kappa shape index (κ2) is 7.69. The summed E-state index contributed by atoms with van der Waals surface area (Å²) in [6.07, 6.45) is 4.32. The van der Waals surface area contributed by atoms with Gasteiger partial charge in [0.1, 0.15) is 11.9 Å². The molecule has 1 unspecified atom stereocenters. The lowest BCUT2D eigenvalue weighted by Gasteiger charge is -2.08. The number of aliphatic hydroxyl groups is 1. The molecular weight excluding hydrogens is 324 g/mol. The van der Waals surface area contributed by atoms with E-state index >= 15 is 0 Å². The van der Waals surface area contributed by atoms with Gasteiger partial charge in [0, 0.05) is 0 Å². The van der Waals surface area contributed by atoms with Crippen molar-refractivity contribution in [2.75, 3.05) is 0 Å². The number of terminal acetylenes is 1. The first-order valence-corrected chi connectivity index (χ1v) is 8.20. The fourth-order valence-electron chi connectivity index (χ4n) is 2.53. The minimum atomic E-state index is -0.896. The van der Waals surface area contributed by atoms with E-state index < -0.39 is 6.10 Å². The molecule has 0 aliphatic heterocycles. The summed E-state index contributed by atoms with van der Waals surface area (Å²) in [5.41, 5.74) is 4.24. The van der Waals surface area contributed by atoms with E-state index in [1.54, 1.807) is 36.4 Å². The van der Waals surface area contributed by atoms with Crippen LogP contribution in [-0.4, -0.2) is 11.1 Å². The maximum atomic E-state index is 12.1. The molecule has 0 bridgehead atoms. The molecule has 1 atom stereocenters. The number of hydrogen-bond acceptors (Lipinski definition) is 3. The van der Waals surface area contributed by atoms with Gasteiger partial charge in [-0.3, -0.25) is 0 Å². The minimum Gasteiger partial charge on any atom is -0.423 e. The van der Waals surface area contributed by atoms with Gasteiger partial charge in [0.25, 0.3) is 0 Å². The largest absolute Gasteiger partial charge is 0.423 e. The van der Waals surface area contributed by atoms with Gasteiger partial charge in [-0.15, -0.1) is 6.42 Å². The van der Waals surface area contributed by atoms with Crippen LogP contribution in [0, 0.1) is 19.3 Å². The topological polar surface area (TPSA) is 46.5 Å². The highest BCUT2D eigenvalue weighted by Crippen LogP contribution is 2.24. The Hall–Kier alpha value is -3.35. The molecule has 3 rings (SSSR count). The van der Waals surface area contributed by atoms with Gasteiger partial charge in [0.2, 0.25) is 0 Å². The van der Waals surface area contributed by atoms with Crippen molar-refractivity contribution in [2.24, 2.45) is 0 Å². The van der Waals surface area contributed by atoms with Crippen molar-refractivity contribution < 1.29 is 14.6 Å². The van der Waals surface area contributed by atoms with E-state index in [-0.39, 0.29) is 5.97 Å². The first kappa shape index (κ1) is 17.5. The summed E-state index contributed by atoms with van der Waals surface area (Å²) < 4.78 is 5.40. The number of aliphatic hydroxyl groups excluding tert-OH is 1. The van der Waals surface area contributed by atoms with Gasteiger partial charge < -0.3 is 9.84 Å². The van der Waals surface area contributed by atoms with Crippen LogP contribution in [0.2, 0.25) is 0 Å². The zero-order valence-corrected chi connectivity index (χ0v) is 14.3. The predicted octanol–water partition coefficient (Wildman–Crippen LogP) is 4.55. The molecule has 0 amide bonds. The lowest BCUT2D eigenvalue weighted by Crippen LogP contribution is -2.08. The molecule has 0 aliphatic carbocycles. The molecular formula is C23H18O3. The lowest BCUT2D eigenvalue weighted by molar-refractivity contribution is 0.0735. The highest BCUT2D eigenvalue weighted by atomic mass is 16.5. The number of ether oxygens (including phenoxy) is 1. The number of carbonyl (C=O) groups is 1. The van der Waals surface area contributed by atoms with Gasteiger partial charge in [0.05, 0.1) is 5.56 Å². The second-order valence-corrected chi connectivity index (χ2v) is 5.97. The van der Waals surface area contributed by atoms with Gasteiger partial charge in [-0.05, 0) is 47.9 Å². The monoisotopic (exact) mass is 342 g/mol. The average Bonchev–Trinajstić information content (AvgIpc) is 2.68. The molecule has 0 heterocycles. The van der Waals surface area contributed by atoms with Gasteiger partial charge in [-0.2, -0.15) is 0 Å². The molecule has 3 nitrogen and oxygen atoms in total. The van der Waals surface area contributed by atoms with Gasteiger partial charge >= 0.3 is 5.97 Å². The molecule has 0 aliphatic rings. The molecule has 26 heavy (non-hydrogen) atoms. The Kier molecular flexibility index (Phi) is 5.17. The van der Waals surface area contributed by atoms with Gasteiger partial charge in [-0.1, -0.05) is 60.0 Å². The number of benzene rings is 3. The molecule has 0 saturated carbocycles. The van der Waals surface area contributed by atoms with E-state index in [9.17, 15) is 9.90 Å². The Balaban J connectivity index is 1.71. The quantitative estimate of drug-likeness (QED) is 0.430. The van der Waals surface area contributed by atoms with Crippen LogP contribution in [0.5, 0.6) is 5.75 Å². The zero-order chi connectivity index (χ0) is 18.5. The van der Waals surface area contributed by atoms with Crippen molar-refractivity contribution in [3.63, 3.8) is 0 Å².